The Balaban J connectivity index is 1.51. The first-order valence-electron chi connectivity index (χ1n) is 9.89. The molecular formula is C22H31N2S+. The molecule has 1 aromatic carbocycles. The van der Waals surface area contributed by atoms with Gasteiger partial charge in [0, 0.05) is 17.7 Å². The number of hydrogen-bond donors (Lipinski definition) is 0. The Hall–Kier alpha value is -1.19. The summed E-state index contributed by atoms with van der Waals surface area (Å²) >= 11 is 2.01. The van der Waals surface area contributed by atoms with Crippen molar-refractivity contribution in [2.24, 2.45) is 0 Å². The summed E-state index contributed by atoms with van der Waals surface area (Å²) in [5, 5.41) is 0. The molecule has 134 valence electrons. The highest BCUT2D eigenvalue weighted by Gasteiger charge is 2.36. The summed E-state index contributed by atoms with van der Waals surface area (Å²) < 4.78 is 1.39. The van der Waals surface area contributed by atoms with Gasteiger partial charge in [-0.2, -0.15) is 0 Å². The van der Waals surface area contributed by atoms with E-state index in [4.69, 9.17) is 0 Å². The molecule has 3 aliphatic rings. The fraction of sp³-hybridized carbons (Fsp3) is 0.545. The Morgan fingerprint density at radius 1 is 0.920 bits per heavy atom. The van der Waals surface area contributed by atoms with Gasteiger partial charge < -0.3 is 9.38 Å². The van der Waals surface area contributed by atoms with Crippen LogP contribution in [0.5, 0.6) is 0 Å². The number of para-hydroxylation sites is 1. The minimum absolute atomic E-state index is 1.20. The zero-order chi connectivity index (χ0) is 17.3. The van der Waals surface area contributed by atoms with E-state index in [1.807, 2.05) is 11.8 Å². The molecule has 2 nitrogen and oxygen atoms in total. The van der Waals surface area contributed by atoms with E-state index in [1.54, 1.807) is 4.91 Å². The number of nitrogens with zero attached hydrogens (tertiary/aromatic N) is 2. The molecule has 0 atom stereocenters. The van der Waals surface area contributed by atoms with Crippen LogP contribution in [0.4, 0.5) is 5.69 Å². The summed E-state index contributed by atoms with van der Waals surface area (Å²) in [5.41, 5.74) is 4.44. The zero-order valence-corrected chi connectivity index (χ0v) is 16.6. The van der Waals surface area contributed by atoms with Gasteiger partial charge in [0.15, 0.2) is 0 Å². The number of piperazine rings is 1. The second-order valence-electron chi connectivity index (χ2n) is 8.10. The van der Waals surface area contributed by atoms with Crippen LogP contribution in [0.25, 0.3) is 0 Å². The first kappa shape index (κ1) is 17.2. The lowest BCUT2D eigenvalue weighted by molar-refractivity contribution is -0.917. The number of benzene rings is 1. The molecule has 0 amide bonds. The van der Waals surface area contributed by atoms with Crippen molar-refractivity contribution in [2.75, 3.05) is 44.2 Å². The van der Waals surface area contributed by atoms with Crippen LogP contribution in [-0.2, 0) is 0 Å². The van der Waals surface area contributed by atoms with Crippen molar-refractivity contribution < 1.29 is 4.48 Å². The maximum Gasteiger partial charge on any atom is 0.0965 e. The van der Waals surface area contributed by atoms with E-state index in [0.29, 0.717) is 0 Å². The van der Waals surface area contributed by atoms with E-state index in [-0.39, 0.29) is 0 Å². The lowest BCUT2D eigenvalue weighted by atomic mass is 10.0. The predicted molar refractivity (Wildman–Crippen MR) is 109 cm³/mol. The molecule has 0 bridgehead atoms. The van der Waals surface area contributed by atoms with Crippen molar-refractivity contribution >= 4 is 17.4 Å². The third-order valence-electron chi connectivity index (χ3n) is 6.29. The summed E-state index contributed by atoms with van der Waals surface area (Å²) in [5.74, 6) is 0. The van der Waals surface area contributed by atoms with Gasteiger partial charge in [-0.05, 0) is 49.3 Å². The number of anilines is 1. The van der Waals surface area contributed by atoms with Crippen molar-refractivity contribution in [3.8, 4) is 0 Å². The van der Waals surface area contributed by atoms with Crippen LogP contribution in [0.1, 0.15) is 39.5 Å². The fourth-order valence-electron chi connectivity index (χ4n) is 4.68. The number of thioether (sulfide) groups is 1. The first-order valence-corrected chi connectivity index (χ1v) is 10.7. The normalized spacial score (nSPS) is 23.3. The fourth-order valence-corrected chi connectivity index (χ4v) is 5.82. The van der Waals surface area contributed by atoms with Crippen molar-refractivity contribution in [3.63, 3.8) is 0 Å². The molecule has 2 fully saturated rings. The maximum atomic E-state index is 2.64. The molecule has 0 aromatic heterocycles. The van der Waals surface area contributed by atoms with Gasteiger partial charge in [-0.15, -0.1) is 0 Å². The molecule has 1 aromatic rings. The van der Waals surface area contributed by atoms with Crippen LogP contribution in [0.2, 0.25) is 0 Å². The summed E-state index contributed by atoms with van der Waals surface area (Å²) in [7, 11) is 0. The van der Waals surface area contributed by atoms with Crippen molar-refractivity contribution in [1.29, 1.82) is 0 Å². The SMILES string of the molecule is CC1=CC(C)=C(Sc2ccccc2N2CC[N+]3(CCCC3)CC2)CC1. The second kappa shape index (κ2) is 7.20. The van der Waals surface area contributed by atoms with Crippen LogP contribution in [0, 0.1) is 0 Å². The minimum Gasteiger partial charge on any atom is -0.359 e. The van der Waals surface area contributed by atoms with E-state index < -0.39 is 0 Å². The van der Waals surface area contributed by atoms with E-state index >= 15 is 0 Å². The number of quaternary nitrogens is 1. The average molecular weight is 356 g/mol. The zero-order valence-electron chi connectivity index (χ0n) is 15.8. The van der Waals surface area contributed by atoms with Gasteiger partial charge in [-0.3, -0.25) is 0 Å². The Morgan fingerprint density at radius 2 is 1.64 bits per heavy atom. The highest BCUT2D eigenvalue weighted by molar-refractivity contribution is 8.03. The van der Waals surface area contributed by atoms with Gasteiger partial charge in [0.05, 0.1) is 45.0 Å². The lowest BCUT2D eigenvalue weighted by Crippen LogP contribution is -2.58. The van der Waals surface area contributed by atoms with Crippen molar-refractivity contribution in [3.05, 3.63) is 46.4 Å². The van der Waals surface area contributed by atoms with Gasteiger partial charge in [0.1, 0.15) is 0 Å². The lowest BCUT2D eigenvalue weighted by Gasteiger charge is -2.43. The highest BCUT2D eigenvalue weighted by atomic mass is 32.2. The molecule has 0 N–H and O–H groups in total. The van der Waals surface area contributed by atoms with Crippen LogP contribution < -0.4 is 4.90 Å². The quantitative estimate of drug-likeness (QED) is 0.684. The van der Waals surface area contributed by atoms with Gasteiger partial charge in [-0.25, -0.2) is 0 Å². The van der Waals surface area contributed by atoms with E-state index in [0.717, 1.165) is 0 Å². The van der Waals surface area contributed by atoms with Gasteiger partial charge in [0.25, 0.3) is 0 Å². The van der Waals surface area contributed by atoms with E-state index in [9.17, 15) is 0 Å². The van der Waals surface area contributed by atoms with Gasteiger partial charge in [-0.1, -0.05) is 35.5 Å². The molecule has 2 heterocycles. The van der Waals surface area contributed by atoms with Crippen LogP contribution >= 0.6 is 11.8 Å². The highest BCUT2D eigenvalue weighted by Crippen LogP contribution is 2.41. The molecule has 0 saturated carbocycles. The number of hydrogen-bond acceptors (Lipinski definition) is 2. The summed E-state index contributed by atoms with van der Waals surface area (Å²) in [6.07, 6.45) is 7.66. The molecule has 0 radical (unpaired) electrons. The molecule has 4 rings (SSSR count). The smallest absolute Gasteiger partial charge is 0.0965 e. The third-order valence-corrected chi connectivity index (χ3v) is 7.63. The molecular weight excluding hydrogens is 324 g/mol. The molecule has 25 heavy (non-hydrogen) atoms. The number of allylic oxidation sites excluding steroid dienone is 4. The van der Waals surface area contributed by atoms with Crippen LogP contribution in [0.3, 0.4) is 0 Å². The van der Waals surface area contributed by atoms with E-state index in [1.165, 1.54) is 91.2 Å². The van der Waals surface area contributed by atoms with Crippen LogP contribution in [-0.4, -0.2) is 43.8 Å². The monoisotopic (exact) mass is 355 g/mol. The molecule has 2 aliphatic heterocycles. The summed E-state index contributed by atoms with van der Waals surface area (Å²) in [4.78, 5) is 5.64. The van der Waals surface area contributed by atoms with Crippen molar-refractivity contribution in [2.45, 2.75) is 44.4 Å². The minimum atomic E-state index is 1.20. The van der Waals surface area contributed by atoms with Gasteiger partial charge >= 0.3 is 0 Å². The Kier molecular flexibility index (Phi) is 4.97. The first-order chi connectivity index (χ1) is 12.2. The molecule has 1 spiro atoms. The second-order valence-corrected chi connectivity index (χ2v) is 9.23. The molecule has 2 saturated heterocycles. The third kappa shape index (κ3) is 3.68. The average Bonchev–Trinajstić information content (AvgIpc) is 3.07. The Morgan fingerprint density at radius 3 is 2.36 bits per heavy atom. The topological polar surface area (TPSA) is 3.24 Å². The summed E-state index contributed by atoms with van der Waals surface area (Å²) in [6, 6.07) is 9.06. The Bertz CT molecular complexity index is 688. The van der Waals surface area contributed by atoms with Crippen LogP contribution in [0.15, 0.2) is 51.3 Å². The summed E-state index contributed by atoms with van der Waals surface area (Å²) in [6.45, 7) is 12.5. The predicted octanol–water partition coefficient (Wildman–Crippen LogP) is 5.22. The number of rotatable bonds is 3. The van der Waals surface area contributed by atoms with Gasteiger partial charge in [0.2, 0.25) is 0 Å². The largest absolute Gasteiger partial charge is 0.359 e. The van der Waals surface area contributed by atoms with Crippen molar-refractivity contribution in [1.82, 2.24) is 0 Å². The Labute approximate surface area is 157 Å². The molecule has 3 heteroatoms. The molecule has 1 aliphatic carbocycles. The molecule has 0 unspecified atom stereocenters. The standard InChI is InChI=1S/C22H31N2S/c1-18-9-10-21(19(2)17-18)25-22-8-4-3-7-20(22)23-11-15-24(16-12-23)13-5-6-14-24/h3-4,7-8,17H,5-6,9-16H2,1-2H3/q+1. The van der Waals surface area contributed by atoms with E-state index in [2.05, 4.69) is 49.1 Å². The maximum absolute atomic E-state index is 2.64.